The van der Waals surface area contributed by atoms with Gasteiger partial charge in [-0.2, -0.15) is 0 Å². The van der Waals surface area contributed by atoms with Gasteiger partial charge in [-0.1, -0.05) is 36.4 Å². The molecule has 2 heterocycles. The van der Waals surface area contributed by atoms with Crippen LogP contribution in [0.1, 0.15) is 29.0 Å². The molecule has 0 bridgehead atoms. The van der Waals surface area contributed by atoms with Gasteiger partial charge in [0, 0.05) is 30.8 Å². The number of nitrogens with one attached hydrogen (secondary N) is 2. The zero-order valence-corrected chi connectivity index (χ0v) is 16.9. The molecule has 1 saturated heterocycles. The van der Waals surface area contributed by atoms with E-state index in [9.17, 15) is 14.4 Å². The third-order valence-corrected chi connectivity index (χ3v) is 5.15. The Morgan fingerprint density at radius 3 is 2.58 bits per heavy atom. The van der Waals surface area contributed by atoms with E-state index < -0.39 is 11.9 Å². The Kier molecular flexibility index (Phi) is 6.12. The highest BCUT2D eigenvalue weighted by molar-refractivity contribution is 6.01. The molecule has 31 heavy (non-hydrogen) atoms. The summed E-state index contributed by atoms with van der Waals surface area (Å²) in [5, 5.41) is 5.62. The summed E-state index contributed by atoms with van der Waals surface area (Å²) in [5.41, 5.74) is 2.23. The molecule has 3 amide bonds. The Labute approximate surface area is 180 Å². The first kappa shape index (κ1) is 20.4. The lowest BCUT2D eigenvalue weighted by Gasteiger charge is -2.20. The highest BCUT2D eigenvalue weighted by Gasteiger charge is 2.25. The predicted octanol–water partition coefficient (Wildman–Crippen LogP) is 3.39. The van der Waals surface area contributed by atoms with Crippen molar-refractivity contribution < 1.29 is 18.8 Å². The fraction of sp³-hybridized carbons (Fsp3) is 0.208. The van der Waals surface area contributed by atoms with Gasteiger partial charge in [0.05, 0.1) is 6.26 Å². The van der Waals surface area contributed by atoms with Crippen LogP contribution in [0.4, 0.5) is 11.4 Å². The number of rotatable bonds is 7. The Morgan fingerprint density at radius 1 is 1.03 bits per heavy atom. The highest BCUT2D eigenvalue weighted by Crippen LogP contribution is 2.24. The molecule has 0 radical (unpaired) electrons. The number of furan rings is 1. The number of carbonyl (C=O) groups excluding carboxylic acids is 3. The molecule has 0 unspecified atom stereocenters. The maximum atomic E-state index is 13.1. The van der Waals surface area contributed by atoms with Crippen LogP contribution in [0.2, 0.25) is 0 Å². The average Bonchev–Trinajstić information content (AvgIpc) is 3.46. The molecule has 1 aromatic heterocycles. The van der Waals surface area contributed by atoms with Gasteiger partial charge < -0.3 is 20.0 Å². The van der Waals surface area contributed by atoms with Gasteiger partial charge in [-0.05, 0) is 42.3 Å². The summed E-state index contributed by atoms with van der Waals surface area (Å²) in [7, 11) is 0. The van der Waals surface area contributed by atoms with Crippen LogP contribution in [-0.4, -0.2) is 30.3 Å². The number of hydrogen-bond acceptors (Lipinski definition) is 4. The van der Waals surface area contributed by atoms with Gasteiger partial charge in [-0.25, -0.2) is 0 Å². The summed E-state index contributed by atoms with van der Waals surface area (Å²) in [5.74, 6) is -0.595. The van der Waals surface area contributed by atoms with Crippen molar-refractivity contribution in [1.29, 1.82) is 0 Å². The van der Waals surface area contributed by atoms with Crippen molar-refractivity contribution in [3.8, 4) is 0 Å². The second-order valence-electron chi connectivity index (χ2n) is 7.38. The second-order valence-corrected chi connectivity index (χ2v) is 7.38. The lowest BCUT2D eigenvalue weighted by molar-refractivity contribution is -0.118. The summed E-state index contributed by atoms with van der Waals surface area (Å²) < 4.78 is 5.15. The monoisotopic (exact) mass is 417 g/mol. The third kappa shape index (κ3) is 5.01. The van der Waals surface area contributed by atoms with Crippen LogP contribution in [-0.2, 0) is 16.0 Å². The minimum Gasteiger partial charge on any atom is -0.459 e. The minimum atomic E-state index is -0.808. The van der Waals surface area contributed by atoms with Crippen LogP contribution in [0.5, 0.6) is 0 Å². The highest BCUT2D eigenvalue weighted by atomic mass is 16.3. The SMILES string of the molecule is O=C(N[C@H](Cc1ccccc1)C(=O)Nc1cccc(N2CCCC2=O)c1)c1ccco1. The van der Waals surface area contributed by atoms with E-state index in [2.05, 4.69) is 10.6 Å². The smallest absolute Gasteiger partial charge is 0.287 e. The van der Waals surface area contributed by atoms with Crippen molar-refractivity contribution in [3.63, 3.8) is 0 Å². The van der Waals surface area contributed by atoms with E-state index in [1.807, 2.05) is 36.4 Å². The van der Waals surface area contributed by atoms with Crippen molar-refractivity contribution in [2.45, 2.75) is 25.3 Å². The molecule has 1 aliphatic rings. The maximum Gasteiger partial charge on any atom is 0.287 e. The molecule has 7 heteroatoms. The number of carbonyl (C=O) groups is 3. The molecule has 0 aliphatic carbocycles. The topological polar surface area (TPSA) is 91.7 Å². The van der Waals surface area contributed by atoms with Crippen LogP contribution in [0.3, 0.4) is 0 Å². The molecule has 2 aromatic carbocycles. The van der Waals surface area contributed by atoms with Gasteiger partial charge in [-0.15, -0.1) is 0 Å². The van der Waals surface area contributed by atoms with Crippen LogP contribution in [0.15, 0.2) is 77.4 Å². The molecule has 4 rings (SSSR count). The van der Waals surface area contributed by atoms with Gasteiger partial charge in [0.2, 0.25) is 11.8 Å². The van der Waals surface area contributed by atoms with E-state index in [0.29, 0.717) is 25.1 Å². The zero-order chi connectivity index (χ0) is 21.6. The molecule has 0 spiro atoms. The van der Waals surface area contributed by atoms with Gasteiger partial charge in [0.15, 0.2) is 5.76 Å². The maximum absolute atomic E-state index is 13.1. The number of nitrogens with zero attached hydrogens (tertiary/aromatic N) is 1. The molecule has 2 N–H and O–H groups in total. The lowest BCUT2D eigenvalue weighted by atomic mass is 10.0. The summed E-state index contributed by atoms with van der Waals surface area (Å²) in [4.78, 5) is 39.3. The van der Waals surface area contributed by atoms with Crippen LogP contribution < -0.4 is 15.5 Å². The van der Waals surface area contributed by atoms with Crippen molar-refractivity contribution in [2.24, 2.45) is 0 Å². The van der Waals surface area contributed by atoms with Crippen molar-refractivity contribution >= 4 is 29.1 Å². The first-order chi connectivity index (χ1) is 15.1. The Morgan fingerprint density at radius 2 is 1.87 bits per heavy atom. The summed E-state index contributed by atoms with van der Waals surface area (Å²) in [6, 6.07) is 19.0. The van der Waals surface area contributed by atoms with E-state index in [1.54, 1.807) is 35.2 Å². The number of amides is 3. The largest absolute Gasteiger partial charge is 0.459 e. The molecule has 0 saturated carbocycles. The van der Waals surface area contributed by atoms with Crippen molar-refractivity contribution in [1.82, 2.24) is 5.32 Å². The zero-order valence-electron chi connectivity index (χ0n) is 16.9. The molecule has 1 aliphatic heterocycles. The van der Waals surface area contributed by atoms with Crippen LogP contribution >= 0.6 is 0 Å². The van der Waals surface area contributed by atoms with E-state index in [4.69, 9.17) is 4.42 Å². The van der Waals surface area contributed by atoms with Crippen molar-refractivity contribution in [3.05, 3.63) is 84.3 Å². The van der Waals surface area contributed by atoms with Gasteiger partial charge in [-0.3, -0.25) is 14.4 Å². The summed E-state index contributed by atoms with van der Waals surface area (Å²) >= 11 is 0. The van der Waals surface area contributed by atoms with E-state index in [0.717, 1.165) is 17.7 Å². The molecular weight excluding hydrogens is 394 g/mol. The summed E-state index contributed by atoms with van der Waals surface area (Å²) in [6.45, 7) is 0.673. The normalized spacial score (nSPS) is 14.3. The molecule has 3 aromatic rings. The fourth-order valence-corrected chi connectivity index (χ4v) is 3.60. The Hall–Kier alpha value is -3.87. The molecular formula is C24H23N3O4. The van der Waals surface area contributed by atoms with Crippen LogP contribution in [0, 0.1) is 0 Å². The molecule has 1 fully saturated rings. The third-order valence-electron chi connectivity index (χ3n) is 5.15. The first-order valence-corrected chi connectivity index (χ1v) is 10.2. The summed E-state index contributed by atoms with van der Waals surface area (Å²) in [6.07, 6.45) is 3.09. The predicted molar refractivity (Wildman–Crippen MR) is 117 cm³/mol. The average molecular weight is 417 g/mol. The van der Waals surface area contributed by atoms with Gasteiger partial charge in [0.1, 0.15) is 6.04 Å². The Bertz CT molecular complexity index is 1060. The Balaban J connectivity index is 1.51. The van der Waals surface area contributed by atoms with E-state index in [-0.39, 0.29) is 17.6 Å². The number of hydrogen-bond donors (Lipinski definition) is 2. The quantitative estimate of drug-likeness (QED) is 0.616. The molecule has 158 valence electrons. The minimum absolute atomic E-state index is 0.0798. The number of anilines is 2. The lowest BCUT2D eigenvalue weighted by Crippen LogP contribution is -2.45. The second kappa shape index (κ2) is 9.30. The molecule has 7 nitrogen and oxygen atoms in total. The fourth-order valence-electron chi connectivity index (χ4n) is 3.60. The van der Waals surface area contributed by atoms with Gasteiger partial charge >= 0.3 is 0 Å². The van der Waals surface area contributed by atoms with Crippen LogP contribution in [0.25, 0.3) is 0 Å². The van der Waals surface area contributed by atoms with E-state index >= 15 is 0 Å². The van der Waals surface area contributed by atoms with Gasteiger partial charge in [0.25, 0.3) is 5.91 Å². The van der Waals surface area contributed by atoms with E-state index in [1.165, 1.54) is 6.26 Å². The standard InChI is InChI=1S/C24H23N3O4/c28-22-12-5-13-27(22)19-10-4-9-18(16-19)25-23(29)20(15-17-7-2-1-3-8-17)26-24(30)21-11-6-14-31-21/h1-4,6-11,14,16,20H,5,12-13,15H2,(H,25,29)(H,26,30)/t20-/m1/s1. The number of benzene rings is 2. The molecule has 1 atom stereocenters. The van der Waals surface area contributed by atoms with Crippen molar-refractivity contribution in [2.75, 3.05) is 16.8 Å². The first-order valence-electron chi connectivity index (χ1n) is 10.2.